The molecular formula is C18H21ClN2O4S. The summed E-state index contributed by atoms with van der Waals surface area (Å²) >= 11 is 5.93. The molecular weight excluding hydrogens is 376 g/mol. The number of methoxy groups -OCH3 is 1. The van der Waals surface area contributed by atoms with E-state index in [4.69, 9.17) is 21.1 Å². The number of ether oxygens (including phenoxy) is 2. The van der Waals surface area contributed by atoms with Crippen LogP contribution in [0.15, 0.2) is 47.4 Å². The predicted octanol–water partition coefficient (Wildman–Crippen LogP) is 2.98. The molecule has 3 rings (SSSR count). The summed E-state index contributed by atoms with van der Waals surface area (Å²) in [4.78, 5) is 2.31. The Morgan fingerprint density at radius 3 is 2.50 bits per heavy atom. The van der Waals surface area contributed by atoms with Crippen molar-refractivity contribution in [2.24, 2.45) is 0 Å². The third-order valence-corrected chi connectivity index (χ3v) is 5.77. The SMILES string of the molecule is COc1ccc(Cl)cc1S(=O)(=O)Nc1ccc(CN2CCOCC2)cc1. The van der Waals surface area contributed by atoms with Crippen LogP contribution in [0.2, 0.25) is 5.02 Å². The first kappa shape index (κ1) is 19.0. The lowest BCUT2D eigenvalue weighted by Gasteiger charge is -2.26. The Hall–Kier alpha value is -1.80. The summed E-state index contributed by atoms with van der Waals surface area (Å²) in [5.41, 5.74) is 1.60. The molecule has 8 heteroatoms. The number of nitrogens with one attached hydrogen (secondary N) is 1. The van der Waals surface area contributed by atoms with Gasteiger partial charge in [0.05, 0.1) is 20.3 Å². The molecule has 0 bridgehead atoms. The van der Waals surface area contributed by atoms with Crippen molar-refractivity contribution < 1.29 is 17.9 Å². The zero-order valence-corrected chi connectivity index (χ0v) is 16.0. The van der Waals surface area contributed by atoms with Crippen LogP contribution in [0.1, 0.15) is 5.56 Å². The van der Waals surface area contributed by atoms with E-state index in [1.165, 1.54) is 19.2 Å². The molecule has 0 amide bonds. The summed E-state index contributed by atoms with van der Waals surface area (Å²) in [5, 5.41) is 0.326. The van der Waals surface area contributed by atoms with Gasteiger partial charge < -0.3 is 9.47 Å². The molecule has 0 atom stereocenters. The van der Waals surface area contributed by atoms with Crippen LogP contribution in [0.4, 0.5) is 5.69 Å². The fourth-order valence-electron chi connectivity index (χ4n) is 2.77. The molecule has 1 fully saturated rings. The molecule has 0 saturated carbocycles. The number of hydrogen-bond donors (Lipinski definition) is 1. The van der Waals surface area contributed by atoms with Gasteiger partial charge in [0.1, 0.15) is 10.6 Å². The number of halogens is 1. The van der Waals surface area contributed by atoms with E-state index in [1.807, 2.05) is 12.1 Å². The summed E-state index contributed by atoms with van der Waals surface area (Å²) in [7, 11) is -2.39. The van der Waals surface area contributed by atoms with E-state index in [2.05, 4.69) is 9.62 Å². The predicted molar refractivity (Wildman–Crippen MR) is 101 cm³/mol. The Bertz CT molecular complexity index is 850. The Morgan fingerprint density at radius 1 is 1.15 bits per heavy atom. The molecule has 0 unspecified atom stereocenters. The Labute approximate surface area is 158 Å². The second-order valence-electron chi connectivity index (χ2n) is 5.99. The average molecular weight is 397 g/mol. The summed E-state index contributed by atoms with van der Waals surface area (Å²) in [6.45, 7) is 4.13. The molecule has 0 aliphatic carbocycles. The minimum Gasteiger partial charge on any atom is -0.495 e. The van der Waals surface area contributed by atoms with Crippen molar-refractivity contribution in [3.05, 3.63) is 53.1 Å². The molecule has 26 heavy (non-hydrogen) atoms. The van der Waals surface area contributed by atoms with Crippen LogP contribution in [0.5, 0.6) is 5.75 Å². The van der Waals surface area contributed by atoms with Crippen LogP contribution in [-0.4, -0.2) is 46.7 Å². The zero-order chi connectivity index (χ0) is 18.6. The van der Waals surface area contributed by atoms with E-state index in [1.54, 1.807) is 18.2 Å². The van der Waals surface area contributed by atoms with Crippen LogP contribution in [0.25, 0.3) is 0 Å². The van der Waals surface area contributed by atoms with Crippen molar-refractivity contribution in [2.75, 3.05) is 38.1 Å². The summed E-state index contributed by atoms with van der Waals surface area (Å²) in [6, 6.07) is 11.8. The highest BCUT2D eigenvalue weighted by atomic mass is 35.5. The number of morpholine rings is 1. The second-order valence-corrected chi connectivity index (χ2v) is 8.07. The minimum atomic E-state index is -3.81. The molecule has 1 aliphatic heterocycles. The first-order chi connectivity index (χ1) is 12.5. The Balaban J connectivity index is 1.73. The molecule has 1 N–H and O–H groups in total. The monoisotopic (exact) mass is 396 g/mol. The van der Waals surface area contributed by atoms with Crippen LogP contribution in [0, 0.1) is 0 Å². The van der Waals surface area contributed by atoms with Crippen molar-refractivity contribution in [2.45, 2.75) is 11.4 Å². The van der Waals surface area contributed by atoms with Crippen molar-refractivity contribution in [3.63, 3.8) is 0 Å². The number of rotatable bonds is 6. The topological polar surface area (TPSA) is 67.9 Å². The highest BCUT2D eigenvalue weighted by Crippen LogP contribution is 2.28. The van der Waals surface area contributed by atoms with Gasteiger partial charge in [-0.15, -0.1) is 0 Å². The average Bonchev–Trinajstić information content (AvgIpc) is 2.64. The maximum Gasteiger partial charge on any atom is 0.265 e. The molecule has 2 aromatic rings. The van der Waals surface area contributed by atoms with Gasteiger partial charge in [-0.2, -0.15) is 0 Å². The standard InChI is InChI=1S/C18H21ClN2O4S/c1-24-17-7-4-15(19)12-18(17)26(22,23)20-16-5-2-14(3-6-16)13-21-8-10-25-11-9-21/h2-7,12,20H,8-11,13H2,1H3. The number of hydrogen-bond acceptors (Lipinski definition) is 5. The first-order valence-corrected chi connectivity index (χ1v) is 10.1. The molecule has 0 spiro atoms. The fraction of sp³-hybridized carbons (Fsp3) is 0.333. The minimum absolute atomic E-state index is 0.00453. The maximum atomic E-state index is 12.7. The lowest BCUT2D eigenvalue weighted by molar-refractivity contribution is 0.0342. The quantitative estimate of drug-likeness (QED) is 0.813. The molecule has 0 radical (unpaired) electrons. The van der Waals surface area contributed by atoms with Gasteiger partial charge in [0.15, 0.2) is 0 Å². The van der Waals surface area contributed by atoms with Gasteiger partial charge in [-0.3, -0.25) is 9.62 Å². The number of nitrogens with zero attached hydrogens (tertiary/aromatic N) is 1. The number of benzene rings is 2. The molecule has 6 nitrogen and oxygen atoms in total. The van der Waals surface area contributed by atoms with E-state index in [-0.39, 0.29) is 10.6 Å². The summed E-state index contributed by atoms with van der Waals surface area (Å²) in [6.07, 6.45) is 0. The lowest BCUT2D eigenvalue weighted by atomic mass is 10.2. The Morgan fingerprint density at radius 2 is 1.85 bits per heavy atom. The van der Waals surface area contributed by atoms with Crippen molar-refractivity contribution in [1.82, 2.24) is 4.90 Å². The van der Waals surface area contributed by atoms with Crippen molar-refractivity contribution >= 4 is 27.3 Å². The van der Waals surface area contributed by atoms with Gasteiger partial charge in [0.25, 0.3) is 10.0 Å². The molecule has 1 aliphatic rings. The molecule has 140 valence electrons. The van der Waals surface area contributed by atoms with Gasteiger partial charge in [-0.05, 0) is 35.9 Å². The van der Waals surface area contributed by atoms with Crippen molar-refractivity contribution in [3.8, 4) is 5.75 Å². The van der Waals surface area contributed by atoms with Gasteiger partial charge in [0, 0.05) is 30.3 Å². The lowest BCUT2D eigenvalue weighted by Crippen LogP contribution is -2.35. The van der Waals surface area contributed by atoms with Gasteiger partial charge in [-0.1, -0.05) is 23.7 Å². The number of anilines is 1. The molecule has 1 heterocycles. The van der Waals surface area contributed by atoms with Crippen LogP contribution in [0.3, 0.4) is 0 Å². The third kappa shape index (κ3) is 4.67. The molecule has 2 aromatic carbocycles. The molecule has 1 saturated heterocycles. The van der Waals surface area contributed by atoms with Crippen LogP contribution in [-0.2, 0) is 21.3 Å². The van der Waals surface area contributed by atoms with Crippen molar-refractivity contribution in [1.29, 1.82) is 0 Å². The zero-order valence-electron chi connectivity index (χ0n) is 14.4. The second kappa shape index (κ2) is 8.26. The fourth-order valence-corrected chi connectivity index (χ4v) is 4.26. The van der Waals surface area contributed by atoms with E-state index >= 15 is 0 Å². The first-order valence-electron chi connectivity index (χ1n) is 8.23. The maximum absolute atomic E-state index is 12.7. The number of sulfonamides is 1. The molecule has 0 aromatic heterocycles. The van der Waals surface area contributed by atoms with E-state index in [9.17, 15) is 8.42 Å². The van der Waals surface area contributed by atoms with Gasteiger partial charge >= 0.3 is 0 Å². The highest BCUT2D eigenvalue weighted by Gasteiger charge is 2.20. The summed E-state index contributed by atoms with van der Waals surface area (Å²) < 4.78 is 38.4. The van der Waals surface area contributed by atoms with Crippen LogP contribution >= 0.6 is 11.6 Å². The van der Waals surface area contributed by atoms with E-state index < -0.39 is 10.0 Å². The third-order valence-electron chi connectivity index (χ3n) is 4.13. The Kier molecular flexibility index (Phi) is 6.03. The van der Waals surface area contributed by atoms with Gasteiger partial charge in [-0.25, -0.2) is 8.42 Å². The van der Waals surface area contributed by atoms with E-state index in [0.29, 0.717) is 10.7 Å². The smallest absolute Gasteiger partial charge is 0.265 e. The van der Waals surface area contributed by atoms with E-state index in [0.717, 1.165) is 38.4 Å². The largest absolute Gasteiger partial charge is 0.495 e. The highest BCUT2D eigenvalue weighted by molar-refractivity contribution is 7.92. The van der Waals surface area contributed by atoms with Crippen LogP contribution < -0.4 is 9.46 Å². The summed E-state index contributed by atoms with van der Waals surface area (Å²) in [5.74, 6) is 0.242. The van der Waals surface area contributed by atoms with Gasteiger partial charge in [0.2, 0.25) is 0 Å². The normalized spacial score (nSPS) is 15.6.